The van der Waals surface area contributed by atoms with Gasteiger partial charge >= 0.3 is 0 Å². The number of carbonyl (C=O) groups is 1. The van der Waals surface area contributed by atoms with Gasteiger partial charge in [0.05, 0.1) is 14.2 Å². The molecule has 5 nitrogen and oxygen atoms in total. The van der Waals surface area contributed by atoms with Gasteiger partial charge in [-0.3, -0.25) is 9.69 Å². The topological polar surface area (TPSA) is 42.0 Å². The van der Waals surface area contributed by atoms with Crippen LogP contribution in [0.3, 0.4) is 0 Å². The van der Waals surface area contributed by atoms with Crippen LogP contribution in [0.25, 0.3) is 0 Å². The SMILES string of the molecule is COc1cc2c(cc1OC)CN(CCC(=O)N(Cc1ccccc1)C(C)C)CC2. The van der Waals surface area contributed by atoms with Crippen molar-refractivity contribution in [2.45, 2.75) is 45.8 Å². The monoisotopic (exact) mass is 396 g/mol. The van der Waals surface area contributed by atoms with Gasteiger partial charge in [-0.15, -0.1) is 0 Å². The Bertz CT molecular complexity index is 820. The Kier molecular flexibility index (Phi) is 7.15. The molecule has 0 N–H and O–H groups in total. The van der Waals surface area contributed by atoms with Gasteiger partial charge < -0.3 is 14.4 Å². The zero-order valence-electron chi connectivity index (χ0n) is 18.0. The lowest BCUT2D eigenvalue weighted by atomic mass is 9.98. The van der Waals surface area contributed by atoms with Crippen molar-refractivity contribution in [1.82, 2.24) is 9.80 Å². The Hall–Kier alpha value is -2.53. The molecule has 0 saturated carbocycles. The number of ether oxygens (including phenoxy) is 2. The predicted octanol–water partition coefficient (Wildman–Crippen LogP) is 3.89. The Balaban J connectivity index is 1.60. The molecule has 2 aromatic carbocycles. The average molecular weight is 397 g/mol. The molecule has 1 aliphatic heterocycles. The van der Waals surface area contributed by atoms with Crippen molar-refractivity contribution in [1.29, 1.82) is 0 Å². The van der Waals surface area contributed by atoms with Crippen LogP contribution in [0.4, 0.5) is 0 Å². The maximum Gasteiger partial charge on any atom is 0.224 e. The zero-order valence-corrected chi connectivity index (χ0v) is 18.0. The van der Waals surface area contributed by atoms with Crippen LogP contribution in [0.2, 0.25) is 0 Å². The molecule has 0 radical (unpaired) electrons. The Morgan fingerprint density at radius 2 is 1.72 bits per heavy atom. The number of amides is 1. The van der Waals surface area contributed by atoms with Gasteiger partial charge in [0.15, 0.2) is 11.5 Å². The number of methoxy groups -OCH3 is 2. The summed E-state index contributed by atoms with van der Waals surface area (Å²) >= 11 is 0. The maximum atomic E-state index is 12.9. The molecular formula is C24H32N2O3. The third-order valence-electron chi connectivity index (χ3n) is 5.58. The molecule has 0 unspecified atom stereocenters. The van der Waals surface area contributed by atoms with Gasteiger partial charge in [-0.1, -0.05) is 30.3 Å². The fraction of sp³-hybridized carbons (Fsp3) is 0.458. The first-order chi connectivity index (χ1) is 14.0. The lowest BCUT2D eigenvalue weighted by molar-refractivity contribution is -0.134. The van der Waals surface area contributed by atoms with E-state index < -0.39 is 0 Å². The number of fused-ring (bicyclic) bond motifs is 1. The molecule has 0 aromatic heterocycles. The highest BCUT2D eigenvalue weighted by Crippen LogP contribution is 2.33. The second kappa shape index (κ2) is 9.79. The molecule has 5 heteroatoms. The van der Waals surface area contributed by atoms with Crippen LogP contribution in [-0.4, -0.2) is 49.1 Å². The molecule has 1 amide bonds. The van der Waals surface area contributed by atoms with E-state index in [1.165, 1.54) is 16.7 Å². The summed E-state index contributed by atoms with van der Waals surface area (Å²) in [5, 5.41) is 0. The lowest BCUT2D eigenvalue weighted by Gasteiger charge is -2.31. The second-order valence-electron chi connectivity index (χ2n) is 7.85. The normalized spacial score (nSPS) is 13.8. The van der Waals surface area contributed by atoms with Gasteiger partial charge in [0.25, 0.3) is 0 Å². The molecule has 1 heterocycles. The highest BCUT2D eigenvalue weighted by atomic mass is 16.5. The Morgan fingerprint density at radius 1 is 1.07 bits per heavy atom. The fourth-order valence-corrected chi connectivity index (χ4v) is 3.87. The minimum Gasteiger partial charge on any atom is -0.493 e. The summed E-state index contributed by atoms with van der Waals surface area (Å²) in [5.41, 5.74) is 3.73. The summed E-state index contributed by atoms with van der Waals surface area (Å²) < 4.78 is 10.9. The molecule has 0 spiro atoms. The summed E-state index contributed by atoms with van der Waals surface area (Å²) in [7, 11) is 3.33. The van der Waals surface area contributed by atoms with Gasteiger partial charge in [-0.25, -0.2) is 0 Å². The molecule has 3 rings (SSSR count). The third kappa shape index (κ3) is 5.30. The first kappa shape index (κ1) is 21.2. The van der Waals surface area contributed by atoms with Gasteiger partial charge in [0, 0.05) is 38.6 Å². The lowest BCUT2D eigenvalue weighted by Crippen LogP contribution is -2.39. The quantitative estimate of drug-likeness (QED) is 0.679. The standard InChI is InChI=1S/C24H32N2O3/c1-18(2)26(16-19-8-6-5-7-9-19)24(27)11-13-25-12-10-20-14-22(28-3)23(29-4)15-21(20)17-25/h5-9,14-15,18H,10-13,16-17H2,1-4H3. The van der Waals surface area contributed by atoms with E-state index in [9.17, 15) is 4.79 Å². The molecule has 0 bridgehead atoms. The Morgan fingerprint density at radius 3 is 2.34 bits per heavy atom. The van der Waals surface area contributed by atoms with Crippen molar-refractivity contribution in [3.05, 3.63) is 59.2 Å². The number of hydrogen-bond acceptors (Lipinski definition) is 4. The van der Waals surface area contributed by atoms with E-state index in [2.05, 4.69) is 43.0 Å². The molecule has 2 aromatic rings. The van der Waals surface area contributed by atoms with E-state index in [1.54, 1.807) is 14.2 Å². The van der Waals surface area contributed by atoms with E-state index in [4.69, 9.17) is 9.47 Å². The van der Waals surface area contributed by atoms with Crippen LogP contribution >= 0.6 is 0 Å². The number of hydrogen-bond donors (Lipinski definition) is 0. The second-order valence-corrected chi connectivity index (χ2v) is 7.85. The largest absolute Gasteiger partial charge is 0.493 e. The smallest absolute Gasteiger partial charge is 0.224 e. The van der Waals surface area contributed by atoms with Crippen molar-refractivity contribution >= 4 is 5.91 Å². The van der Waals surface area contributed by atoms with Gasteiger partial charge in [0.1, 0.15) is 0 Å². The molecule has 0 fully saturated rings. The first-order valence-electron chi connectivity index (χ1n) is 10.3. The van der Waals surface area contributed by atoms with Gasteiger partial charge in [-0.05, 0) is 49.1 Å². The maximum absolute atomic E-state index is 12.9. The fourth-order valence-electron chi connectivity index (χ4n) is 3.87. The summed E-state index contributed by atoms with van der Waals surface area (Å²) in [6.07, 6.45) is 1.50. The minimum absolute atomic E-state index is 0.182. The van der Waals surface area contributed by atoms with E-state index in [0.717, 1.165) is 37.6 Å². The predicted molar refractivity (Wildman–Crippen MR) is 115 cm³/mol. The van der Waals surface area contributed by atoms with Gasteiger partial charge in [0.2, 0.25) is 5.91 Å². The molecule has 29 heavy (non-hydrogen) atoms. The van der Waals surface area contributed by atoms with Crippen molar-refractivity contribution in [2.75, 3.05) is 27.3 Å². The van der Waals surface area contributed by atoms with Crippen LogP contribution < -0.4 is 9.47 Å². The van der Waals surface area contributed by atoms with Crippen LogP contribution in [0.15, 0.2) is 42.5 Å². The Labute approximate surface area is 174 Å². The van der Waals surface area contributed by atoms with Crippen molar-refractivity contribution in [3.8, 4) is 11.5 Å². The summed E-state index contributed by atoms with van der Waals surface area (Å²) in [4.78, 5) is 17.3. The van der Waals surface area contributed by atoms with Gasteiger partial charge in [-0.2, -0.15) is 0 Å². The van der Waals surface area contributed by atoms with Crippen molar-refractivity contribution in [2.24, 2.45) is 0 Å². The molecule has 0 saturated heterocycles. The van der Waals surface area contributed by atoms with Crippen LogP contribution in [0, 0.1) is 0 Å². The summed E-state index contributed by atoms with van der Waals surface area (Å²) in [6.45, 7) is 7.39. The van der Waals surface area contributed by atoms with E-state index >= 15 is 0 Å². The molecule has 1 aliphatic rings. The number of benzene rings is 2. The third-order valence-corrected chi connectivity index (χ3v) is 5.58. The van der Waals surface area contributed by atoms with Crippen molar-refractivity contribution in [3.63, 3.8) is 0 Å². The first-order valence-corrected chi connectivity index (χ1v) is 10.3. The van der Waals surface area contributed by atoms with E-state index in [0.29, 0.717) is 13.0 Å². The molecule has 0 aliphatic carbocycles. The zero-order chi connectivity index (χ0) is 20.8. The number of nitrogens with zero attached hydrogens (tertiary/aromatic N) is 2. The minimum atomic E-state index is 0.182. The van der Waals surface area contributed by atoms with Crippen molar-refractivity contribution < 1.29 is 14.3 Å². The number of rotatable bonds is 8. The summed E-state index contributed by atoms with van der Waals surface area (Å²) in [6, 6.07) is 14.5. The van der Waals surface area contributed by atoms with Crippen LogP contribution in [-0.2, 0) is 24.3 Å². The molecule has 156 valence electrons. The van der Waals surface area contributed by atoms with Crippen LogP contribution in [0.5, 0.6) is 11.5 Å². The van der Waals surface area contributed by atoms with E-state index in [1.807, 2.05) is 23.1 Å². The molecular weight excluding hydrogens is 364 g/mol. The molecule has 0 atom stereocenters. The summed E-state index contributed by atoms with van der Waals surface area (Å²) in [5.74, 6) is 1.75. The number of carbonyl (C=O) groups excluding carboxylic acids is 1. The van der Waals surface area contributed by atoms with E-state index in [-0.39, 0.29) is 11.9 Å². The highest BCUT2D eigenvalue weighted by Gasteiger charge is 2.22. The highest BCUT2D eigenvalue weighted by molar-refractivity contribution is 5.76. The average Bonchev–Trinajstić information content (AvgIpc) is 2.75. The van der Waals surface area contributed by atoms with Crippen LogP contribution in [0.1, 0.15) is 37.0 Å².